The maximum atomic E-state index is 11.0. The molecule has 0 heterocycles. The number of ether oxygens (including phenoxy) is 1. The standard InChI is InChI=1S/C7H12O6S/c1-2-13-6(8)4-3-5(4)7(9)14(10,11)12/h4-5,7,9H,2-3H2,1H3,(H,10,11,12)/t4-,5-,7?/m0/s1. The Labute approximate surface area is 81.6 Å². The molecule has 0 spiro atoms. The van der Waals surface area contributed by atoms with E-state index in [4.69, 9.17) is 9.66 Å². The van der Waals surface area contributed by atoms with Crippen molar-refractivity contribution in [2.45, 2.75) is 18.8 Å². The van der Waals surface area contributed by atoms with Crippen LogP contribution in [0.15, 0.2) is 0 Å². The zero-order valence-corrected chi connectivity index (χ0v) is 8.40. The lowest BCUT2D eigenvalue weighted by Gasteiger charge is -2.05. The SMILES string of the molecule is CCOC(=O)[C@H]1C[C@@H]1C(O)S(=O)(=O)O. The highest BCUT2D eigenvalue weighted by atomic mass is 32.2. The largest absolute Gasteiger partial charge is 0.466 e. The number of aliphatic hydroxyl groups is 1. The van der Waals surface area contributed by atoms with E-state index >= 15 is 0 Å². The molecule has 0 aromatic rings. The second-order valence-corrected chi connectivity index (χ2v) is 4.68. The molecule has 0 amide bonds. The van der Waals surface area contributed by atoms with Gasteiger partial charge in [0.1, 0.15) is 0 Å². The molecule has 0 aliphatic heterocycles. The van der Waals surface area contributed by atoms with Gasteiger partial charge in [-0.3, -0.25) is 9.35 Å². The van der Waals surface area contributed by atoms with Gasteiger partial charge in [-0.25, -0.2) is 0 Å². The maximum absolute atomic E-state index is 11.0. The highest BCUT2D eigenvalue weighted by Gasteiger charge is 2.52. The van der Waals surface area contributed by atoms with Crippen molar-refractivity contribution in [3.63, 3.8) is 0 Å². The molecule has 0 aromatic carbocycles. The molecule has 0 bridgehead atoms. The summed E-state index contributed by atoms with van der Waals surface area (Å²) >= 11 is 0. The summed E-state index contributed by atoms with van der Waals surface area (Å²) in [5.74, 6) is -1.86. The average molecular weight is 224 g/mol. The van der Waals surface area contributed by atoms with Crippen LogP contribution in [0.5, 0.6) is 0 Å². The first-order chi connectivity index (χ1) is 6.38. The minimum Gasteiger partial charge on any atom is -0.466 e. The molecule has 2 N–H and O–H groups in total. The van der Waals surface area contributed by atoms with Gasteiger partial charge in [0, 0.05) is 5.92 Å². The van der Waals surface area contributed by atoms with Crippen molar-refractivity contribution in [2.24, 2.45) is 11.8 Å². The van der Waals surface area contributed by atoms with E-state index in [0.29, 0.717) is 0 Å². The number of esters is 1. The van der Waals surface area contributed by atoms with E-state index in [1.807, 2.05) is 0 Å². The van der Waals surface area contributed by atoms with E-state index < -0.39 is 33.4 Å². The number of rotatable bonds is 4. The van der Waals surface area contributed by atoms with Gasteiger partial charge in [-0.05, 0) is 13.3 Å². The summed E-state index contributed by atoms with van der Waals surface area (Å²) < 4.78 is 34.1. The smallest absolute Gasteiger partial charge is 0.309 e. The van der Waals surface area contributed by atoms with Crippen LogP contribution in [0.1, 0.15) is 13.3 Å². The van der Waals surface area contributed by atoms with Gasteiger partial charge in [0.2, 0.25) is 0 Å². The lowest BCUT2D eigenvalue weighted by atomic mass is 10.3. The first kappa shape index (κ1) is 11.4. The van der Waals surface area contributed by atoms with Crippen LogP contribution in [0, 0.1) is 11.8 Å². The van der Waals surface area contributed by atoms with Crippen LogP contribution in [0.25, 0.3) is 0 Å². The predicted molar refractivity (Wildman–Crippen MR) is 45.8 cm³/mol. The molecule has 82 valence electrons. The van der Waals surface area contributed by atoms with Gasteiger partial charge in [0.15, 0.2) is 5.44 Å². The zero-order valence-electron chi connectivity index (χ0n) is 7.58. The molecule has 1 aliphatic carbocycles. The summed E-state index contributed by atoms with van der Waals surface area (Å²) in [7, 11) is -4.47. The van der Waals surface area contributed by atoms with E-state index in [-0.39, 0.29) is 13.0 Å². The topological polar surface area (TPSA) is 101 Å². The molecule has 0 radical (unpaired) electrons. The molecule has 1 saturated carbocycles. The van der Waals surface area contributed by atoms with E-state index in [0.717, 1.165) is 0 Å². The van der Waals surface area contributed by atoms with Crippen molar-refractivity contribution in [2.75, 3.05) is 6.61 Å². The van der Waals surface area contributed by atoms with Crippen LogP contribution in [0.4, 0.5) is 0 Å². The lowest BCUT2D eigenvalue weighted by Crippen LogP contribution is -2.24. The molecular weight excluding hydrogens is 212 g/mol. The summed E-state index contributed by atoms with van der Waals surface area (Å²) in [4.78, 5) is 11.0. The summed E-state index contributed by atoms with van der Waals surface area (Å²) in [6.45, 7) is 1.85. The van der Waals surface area contributed by atoms with Crippen LogP contribution in [0.2, 0.25) is 0 Å². The maximum Gasteiger partial charge on any atom is 0.309 e. The van der Waals surface area contributed by atoms with E-state index in [1.54, 1.807) is 6.92 Å². The Hall–Kier alpha value is -0.660. The number of hydrogen-bond acceptors (Lipinski definition) is 5. The Morgan fingerprint density at radius 1 is 1.64 bits per heavy atom. The highest BCUT2D eigenvalue weighted by Crippen LogP contribution is 2.43. The Morgan fingerprint density at radius 3 is 2.64 bits per heavy atom. The molecule has 0 saturated heterocycles. The Bertz CT molecular complexity index is 321. The predicted octanol–water partition coefficient (Wildman–Crippen LogP) is -0.608. The molecule has 1 aliphatic rings. The van der Waals surface area contributed by atoms with Crippen molar-refractivity contribution in [1.29, 1.82) is 0 Å². The minimum atomic E-state index is -4.47. The minimum absolute atomic E-state index is 0.212. The van der Waals surface area contributed by atoms with E-state index in [1.165, 1.54) is 0 Å². The normalized spacial score (nSPS) is 28.2. The fraction of sp³-hybridized carbons (Fsp3) is 0.857. The van der Waals surface area contributed by atoms with Gasteiger partial charge >= 0.3 is 5.97 Å². The van der Waals surface area contributed by atoms with Crippen molar-refractivity contribution < 1.29 is 27.6 Å². The molecule has 0 aromatic heterocycles. The third-order valence-corrected chi connectivity index (χ3v) is 3.06. The van der Waals surface area contributed by atoms with Gasteiger partial charge in [0.25, 0.3) is 10.1 Å². The molecule has 6 nitrogen and oxygen atoms in total. The fourth-order valence-corrected chi connectivity index (χ4v) is 2.01. The second-order valence-electron chi connectivity index (χ2n) is 3.16. The van der Waals surface area contributed by atoms with Crippen molar-refractivity contribution in [3.8, 4) is 0 Å². The van der Waals surface area contributed by atoms with Gasteiger partial charge in [-0.2, -0.15) is 8.42 Å². The summed E-state index contributed by atoms with van der Waals surface area (Å²) in [5, 5.41) is 9.07. The molecule has 3 atom stereocenters. The average Bonchev–Trinajstić information content (AvgIpc) is 2.80. The first-order valence-corrected chi connectivity index (χ1v) is 5.69. The molecular formula is C7H12O6S. The second kappa shape index (κ2) is 3.84. The summed E-state index contributed by atoms with van der Waals surface area (Å²) in [6.07, 6.45) is 0.236. The Morgan fingerprint density at radius 2 is 2.21 bits per heavy atom. The number of carbonyl (C=O) groups is 1. The Kier molecular flexibility index (Phi) is 3.13. The van der Waals surface area contributed by atoms with Crippen LogP contribution < -0.4 is 0 Å². The monoisotopic (exact) mass is 224 g/mol. The van der Waals surface area contributed by atoms with Crippen LogP contribution >= 0.6 is 0 Å². The number of aliphatic hydroxyl groups excluding tert-OH is 1. The van der Waals surface area contributed by atoms with Gasteiger partial charge < -0.3 is 9.84 Å². The van der Waals surface area contributed by atoms with Gasteiger partial charge in [-0.1, -0.05) is 0 Å². The lowest BCUT2D eigenvalue weighted by molar-refractivity contribution is -0.145. The highest BCUT2D eigenvalue weighted by molar-refractivity contribution is 7.86. The molecule has 1 unspecified atom stereocenters. The summed E-state index contributed by atoms with van der Waals surface area (Å²) in [5.41, 5.74) is -1.88. The van der Waals surface area contributed by atoms with Gasteiger partial charge in [0.05, 0.1) is 12.5 Å². The third kappa shape index (κ3) is 2.43. The Balaban J connectivity index is 2.51. The summed E-state index contributed by atoms with van der Waals surface area (Å²) in [6, 6.07) is 0. The number of carbonyl (C=O) groups excluding carboxylic acids is 1. The molecule has 14 heavy (non-hydrogen) atoms. The third-order valence-electron chi connectivity index (χ3n) is 2.10. The van der Waals surface area contributed by atoms with E-state index in [9.17, 15) is 13.2 Å². The molecule has 1 fully saturated rings. The van der Waals surface area contributed by atoms with E-state index in [2.05, 4.69) is 4.74 Å². The fourth-order valence-electron chi connectivity index (χ4n) is 1.27. The van der Waals surface area contributed by atoms with Crippen LogP contribution in [0.3, 0.4) is 0 Å². The van der Waals surface area contributed by atoms with Crippen LogP contribution in [-0.4, -0.2) is 36.1 Å². The first-order valence-electron chi connectivity index (χ1n) is 4.19. The zero-order chi connectivity index (χ0) is 10.9. The van der Waals surface area contributed by atoms with Crippen molar-refractivity contribution >= 4 is 16.1 Å². The van der Waals surface area contributed by atoms with Gasteiger partial charge in [-0.15, -0.1) is 0 Å². The van der Waals surface area contributed by atoms with Crippen molar-refractivity contribution in [1.82, 2.24) is 0 Å². The number of hydrogen-bond donors (Lipinski definition) is 2. The quantitative estimate of drug-likeness (QED) is 0.488. The molecule has 7 heteroatoms. The molecule has 1 rings (SSSR count). The van der Waals surface area contributed by atoms with Crippen LogP contribution in [-0.2, 0) is 19.6 Å². The van der Waals surface area contributed by atoms with Crippen molar-refractivity contribution in [3.05, 3.63) is 0 Å².